The van der Waals surface area contributed by atoms with Crippen LogP contribution in [0.3, 0.4) is 0 Å². The van der Waals surface area contributed by atoms with Gasteiger partial charge in [-0.1, -0.05) is 19.1 Å². The summed E-state index contributed by atoms with van der Waals surface area (Å²) >= 11 is 0. The molecule has 0 aromatic heterocycles. The summed E-state index contributed by atoms with van der Waals surface area (Å²) in [6.45, 7) is 2.07. The van der Waals surface area contributed by atoms with Gasteiger partial charge in [0, 0.05) is 5.70 Å². The molecule has 1 atom stereocenters. The number of amides is 1. The molecule has 15 heavy (non-hydrogen) atoms. The van der Waals surface area contributed by atoms with E-state index in [0.29, 0.717) is 24.2 Å². The van der Waals surface area contributed by atoms with E-state index in [0.717, 1.165) is 6.42 Å². The summed E-state index contributed by atoms with van der Waals surface area (Å²) in [6.07, 6.45) is 7.29. The van der Waals surface area contributed by atoms with Gasteiger partial charge in [0.25, 0.3) is 5.91 Å². The average molecular weight is 207 g/mol. The van der Waals surface area contributed by atoms with E-state index in [4.69, 9.17) is 5.11 Å². The molecule has 1 aliphatic rings. The molecule has 1 aliphatic carbocycles. The molecule has 0 saturated carbocycles. The fourth-order valence-corrected chi connectivity index (χ4v) is 1.17. The van der Waals surface area contributed by atoms with Crippen molar-refractivity contribution in [2.75, 3.05) is 0 Å². The molecule has 1 rings (SSSR count). The van der Waals surface area contributed by atoms with Gasteiger partial charge in [-0.05, 0) is 18.4 Å². The van der Waals surface area contributed by atoms with Crippen LogP contribution < -0.4 is 5.32 Å². The lowest BCUT2D eigenvalue weighted by Crippen LogP contribution is -2.25. The van der Waals surface area contributed by atoms with Crippen LogP contribution in [-0.4, -0.2) is 17.3 Å². The Kier molecular flexibility index (Phi) is 3.85. The molecule has 0 aromatic rings. The highest BCUT2D eigenvalue weighted by Crippen LogP contribution is 2.13. The molecule has 1 unspecified atom stereocenters. The van der Waals surface area contributed by atoms with Gasteiger partial charge in [0.15, 0.2) is 6.29 Å². The summed E-state index contributed by atoms with van der Waals surface area (Å²) in [4.78, 5) is 21.7. The number of aliphatic hydroxyl groups excluding tert-OH is 1. The quantitative estimate of drug-likeness (QED) is 0.240. The lowest BCUT2D eigenvalue weighted by Gasteiger charge is -2.12. The van der Waals surface area contributed by atoms with Gasteiger partial charge < -0.3 is 10.4 Å². The second kappa shape index (κ2) is 5.14. The van der Waals surface area contributed by atoms with Gasteiger partial charge in [0.1, 0.15) is 5.57 Å². The summed E-state index contributed by atoms with van der Waals surface area (Å²) in [5.41, 5.74) is 0.363. The molecule has 0 saturated heterocycles. The fraction of sp³-hybridized carbons (Fsp3) is 0.273. The van der Waals surface area contributed by atoms with Crippen LogP contribution in [-0.2, 0) is 9.59 Å². The second-order valence-electron chi connectivity index (χ2n) is 3.39. The Bertz CT molecular complexity index is 353. The maximum Gasteiger partial charge on any atom is 0.262 e. The second-order valence-corrected chi connectivity index (χ2v) is 3.39. The molecule has 2 N–H and O–H groups in total. The van der Waals surface area contributed by atoms with E-state index >= 15 is 0 Å². The maximum absolute atomic E-state index is 11.3. The molecule has 1 amide bonds. The first-order valence-electron chi connectivity index (χ1n) is 4.66. The Morgan fingerprint density at radius 2 is 2.40 bits per heavy atom. The number of nitrogens with one attached hydrogen (secondary N) is 1. The Hall–Kier alpha value is -1.84. The van der Waals surface area contributed by atoms with Crippen LogP contribution in [0.5, 0.6) is 0 Å². The van der Waals surface area contributed by atoms with E-state index < -0.39 is 5.91 Å². The molecule has 0 radical (unpaired) electrons. The van der Waals surface area contributed by atoms with Crippen LogP contribution in [0.15, 0.2) is 35.8 Å². The van der Waals surface area contributed by atoms with Crippen molar-refractivity contribution in [1.29, 1.82) is 0 Å². The zero-order valence-electron chi connectivity index (χ0n) is 8.43. The Morgan fingerprint density at radius 1 is 1.67 bits per heavy atom. The molecular weight excluding hydrogens is 194 g/mol. The molecule has 0 aliphatic heterocycles. The van der Waals surface area contributed by atoms with Crippen molar-refractivity contribution in [2.45, 2.75) is 13.3 Å². The Balaban J connectivity index is 2.60. The van der Waals surface area contributed by atoms with Crippen LogP contribution in [0.2, 0.25) is 0 Å². The van der Waals surface area contributed by atoms with Crippen LogP contribution in [0.1, 0.15) is 13.3 Å². The lowest BCUT2D eigenvalue weighted by atomic mass is 10.0. The Morgan fingerprint density at radius 3 is 2.87 bits per heavy atom. The molecule has 80 valence electrons. The minimum atomic E-state index is -0.599. The van der Waals surface area contributed by atoms with Gasteiger partial charge in [0.05, 0.1) is 6.26 Å². The summed E-state index contributed by atoms with van der Waals surface area (Å²) in [7, 11) is 0. The van der Waals surface area contributed by atoms with Gasteiger partial charge in [-0.3, -0.25) is 9.59 Å². The lowest BCUT2D eigenvalue weighted by molar-refractivity contribution is -0.118. The first-order valence-corrected chi connectivity index (χ1v) is 4.66. The molecule has 0 bridgehead atoms. The number of carbonyl (C=O) groups excluding carboxylic acids is 2. The first kappa shape index (κ1) is 11.2. The predicted octanol–water partition coefficient (Wildman–Crippen LogP) is 1.22. The van der Waals surface area contributed by atoms with Gasteiger partial charge in [-0.25, -0.2) is 0 Å². The molecule has 4 heteroatoms. The van der Waals surface area contributed by atoms with Gasteiger partial charge >= 0.3 is 0 Å². The van der Waals surface area contributed by atoms with E-state index in [9.17, 15) is 9.59 Å². The third kappa shape index (κ3) is 3.09. The van der Waals surface area contributed by atoms with Crippen LogP contribution >= 0.6 is 0 Å². The number of aliphatic hydroxyl groups is 1. The van der Waals surface area contributed by atoms with Crippen molar-refractivity contribution in [3.05, 3.63) is 35.8 Å². The number of hydrogen-bond donors (Lipinski definition) is 2. The highest BCUT2D eigenvalue weighted by molar-refractivity contribution is 6.10. The minimum absolute atomic E-state index is 0.289. The molecule has 4 nitrogen and oxygen atoms in total. The number of aldehydes is 1. The van der Waals surface area contributed by atoms with E-state index in [1.807, 2.05) is 12.2 Å². The van der Waals surface area contributed by atoms with Crippen LogP contribution in [0.25, 0.3) is 0 Å². The van der Waals surface area contributed by atoms with Crippen molar-refractivity contribution in [1.82, 2.24) is 5.32 Å². The molecule has 0 heterocycles. The van der Waals surface area contributed by atoms with Crippen molar-refractivity contribution < 1.29 is 14.7 Å². The van der Waals surface area contributed by atoms with Crippen LogP contribution in [0, 0.1) is 5.92 Å². The van der Waals surface area contributed by atoms with E-state index in [1.165, 1.54) is 0 Å². The highest BCUT2D eigenvalue weighted by atomic mass is 16.2. The number of allylic oxidation sites excluding steroid dienone is 3. The number of rotatable bonds is 3. The number of carbonyl (C=O) groups is 2. The molecular formula is C11H13NO3. The molecule has 0 fully saturated rings. The van der Waals surface area contributed by atoms with Crippen LogP contribution in [0.4, 0.5) is 0 Å². The predicted molar refractivity (Wildman–Crippen MR) is 55.9 cm³/mol. The smallest absolute Gasteiger partial charge is 0.262 e. The summed E-state index contributed by atoms with van der Waals surface area (Å²) in [5, 5.41) is 11.1. The standard InChI is InChI=1S/C11H13NO3/c1-8-2-4-10(5-3-8)12-11(15)9(6-13)7-14/h2,4-8,13H,3H2,1H3,(H,12,15)/b9-6+. The van der Waals surface area contributed by atoms with E-state index in [1.54, 1.807) is 6.08 Å². The Labute approximate surface area is 88.0 Å². The normalized spacial score (nSPS) is 20.7. The zero-order valence-corrected chi connectivity index (χ0v) is 8.43. The summed E-state index contributed by atoms with van der Waals surface area (Å²) < 4.78 is 0. The highest BCUT2D eigenvalue weighted by Gasteiger charge is 2.11. The summed E-state index contributed by atoms with van der Waals surface area (Å²) in [6, 6.07) is 0. The summed E-state index contributed by atoms with van der Waals surface area (Å²) in [5.74, 6) is -0.137. The SMILES string of the molecule is CC1C=CC(NC(=O)/C(C=O)=C/O)=CC1. The number of hydrogen-bond acceptors (Lipinski definition) is 3. The van der Waals surface area contributed by atoms with Gasteiger partial charge in [-0.2, -0.15) is 0 Å². The van der Waals surface area contributed by atoms with Gasteiger partial charge in [-0.15, -0.1) is 0 Å². The zero-order chi connectivity index (χ0) is 11.3. The van der Waals surface area contributed by atoms with Gasteiger partial charge in [0.2, 0.25) is 0 Å². The molecule has 0 aromatic carbocycles. The monoisotopic (exact) mass is 207 g/mol. The van der Waals surface area contributed by atoms with Crippen molar-refractivity contribution >= 4 is 12.2 Å². The topological polar surface area (TPSA) is 66.4 Å². The fourth-order valence-electron chi connectivity index (χ4n) is 1.17. The van der Waals surface area contributed by atoms with E-state index in [-0.39, 0.29) is 5.57 Å². The van der Waals surface area contributed by atoms with E-state index in [2.05, 4.69) is 12.2 Å². The maximum atomic E-state index is 11.3. The minimum Gasteiger partial charge on any atom is -0.515 e. The third-order valence-electron chi connectivity index (χ3n) is 2.10. The third-order valence-corrected chi connectivity index (χ3v) is 2.10. The largest absolute Gasteiger partial charge is 0.515 e. The average Bonchev–Trinajstić information content (AvgIpc) is 2.23. The first-order chi connectivity index (χ1) is 7.17. The van der Waals surface area contributed by atoms with Crippen molar-refractivity contribution in [3.8, 4) is 0 Å². The van der Waals surface area contributed by atoms with Crippen molar-refractivity contribution in [3.63, 3.8) is 0 Å². The van der Waals surface area contributed by atoms with Crippen molar-refractivity contribution in [2.24, 2.45) is 5.92 Å². The molecule has 0 spiro atoms.